The van der Waals surface area contributed by atoms with E-state index >= 15 is 0 Å². The summed E-state index contributed by atoms with van der Waals surface area (Å²) in [7, 11) is 3.34. The fraction of sp³-hybridized carbons (Fsp3) is 0.556. The Morgan fingerprint density at radius 2 is 1.09 bits per heavy atom. The Morgan fingerprint density at radius 3 is 1.68 bits per heavy atom. The van der Waals surface area contributed by atoms with Crippen molar-refractivity contribution in [2.75, 3.05) is 86.0 Å². The highest BCUT2D eigenvalue weighted by atomic mass is 16.5. The number of benzene rings is 2. The van der Waals surface area contributed by atoms with Gasteiger partial charge in [-0.3, -0.25) is 0 Å². The smallest absolute Gasteiger partial charge is 0.0701 e. The number of ether oxygens (including phenoxy) is 6. The normalized spacial score (nSPS) is 13.7. The average Bonchev–Trinajstić information content (AvgIpc) is 3.12. The standard InChI is InChI=1S/C27H39NO6/c1-29-13-15-33-19-17-31-11-9-27(10-12-32-18-20-34-16-14-30-2)25-6-4-3-5-23(25)24-8-7-22(28)21-26(24)27/h3-8,21H,9-20,28H2,1-2H3. The number of nitrogens with two attached hydrogens (primary N) is 1. The van der Waals surface area contributed by atoms with E-state index in [1.54, 1.807) is 14.2 Å². The zero-order chi connectivity index (χ0) is 24.1. The van der Waals surface area contributed by atoms with Crippen LogP contribution in [0, 0.1) is 0 Å². The fourth-order valence-corrected chi connectivity index (χ4v) is 4.56. The van der Waals surface area contributed by atoms with Crippen molar-refractivity contribution in [3.8, 4) is 11.1 Å². The molecule has 0 aliphatic heterocycles. The first-order chi connectivity index (χ1) is 16.7. The molecule has 2 aromatic rings. The summed E-state index contributed by atoms with van der Waals surface area (Å²) in [6.45, 7) is 5.82. The van der Waals surface area contributed by atoms with Crippen LogP contribution in [-0.4, -0.2) is 80.3 Å². The molecule has 0 heterocycles. The van der Waals surface area contributed by atoms with Crippen LogP contribution in [0.4, 0.5) is 5.69 Å². The van der Waals surface area contributed by atoms with Gasteiger partial charge in [0.25, 0.3) is 0 Å². The first kappa shape index (κ1) is 26.6. The Morgan fingerprint density at radius 1 is 0.588 bits per heavy atom. The first-order valence-electron chi connectivity index (χ1n) is 12.0. The molecule has 2 N–H and O–H groups in total. The summed E-state index contributed by atoms with van der Waals surface area (Å²) in [5, 5.41) is 0. The van der Waals surface area contributed by atoms with E-state index in [1.165, 1.54) is 22.3 Å². The molecule has 34 heavy (non-hydrogen) atoms. The Hall–Kier alpha value is -2.00. The van der Waals surface area contributed by atoms with Crippen LogP contribution in [0.5, 0.6) is 0 Å². The summed E-state index contributed by atoms with van der Waals surface area (Å²) in [6.07, 6.45) is 1.68. The van der Waals surface area contributed by atoms with Crippen molar-refractivity contribution in [1.82, 2.24) is 0 Å². The highest BCUT2D eigenvalue weighted by Crippen LogP contribution is 2.53. The molecule has 7 nitrogen and oxygen atoms in total. The summed E-state index contributed by atoms with van der Waals surface area (Å²) in [5.74, 6) is 0. The monoisotopic (exact) mass is 473 g/mol. The van der Waals surface area contributed by atoms with Gasteiger partial charge in [-0.25, -0.2) is 0 Å². The molecular weight excluding hydrogens is 434 g/mol. The molecule has 0 amide bonds. The third kappa shape index (κ3) is 7.01. The van der Waals surface area contributed by atoms with Gasteiger partial charge in [0.05, 0.1) is 52.9 Å². The van der Waals surface area contributed by atoms with Crippen LogP contribution in [-0.2, 0) is 33.8 Å². The van der Waals surface area contributed by atoms with Crippen LogP contribution < -0.4 is 5.73 Å². The minimum Gasteiger partial charge on any atom is -0.399 e. The van der Waals surface area contributed by atoms with Gasteiger partial charge in [-0.2, -0.15) is 0 Å². The predicted molar refractivity (Wildman–Crippen MR) is 133 cm³/mol. The van der Waals surface area contributed by atoms with Gasteiger partial charge in [0.15, 0.2) is 0 Å². The molecule has 0 radical (unpaired) electrons. The van der Waals surface area contributed by atoms with Crippen molar-refractivity contribution in [1.29, 1.82) is 0 Å². The largest absolute Gasteiger partial charge is 0.399 e. The topological polar surface area (TPSA) is 81.4 Å². The number of methoxy groups -OCH3 is 2. The second-order valence-electron chi connectivity index (χ2n) is 8.37. The van der Waals surface area contributed by atoms with E-state index < -0.39 is 0 Å². The van der Waals surface area contributed by atoms with E-state index in [0.717, 1.165) is 18.5 Å². The minimum absolute atomic E-state index is 0.213. The quantitative estimate of drug-likeness (QED) is 0.261. The van der Waals surface area contributed by atoms with Crippen molar-refractivity contribution >= 4 is 5.69 Å². The molecular formula is C27H39NO6. The van der Waals surface area contributed by atoms with Crippen molar-refractivity contribution in [2.24, 2.45) is 0 Å². The van der Waals surface area contributed by atoms with Crippen LogP contribution in [0.3, 0.4) is 0 Å². The number of anilines is 1. The van der Waals surface area contributed by atoms with Crippen molar-refractivity contribution in [2.45, 2.75) is 18.3 Å². The SMILES string of the molecule is COCCOCCOCCC1(CCOCCOCCOC)c2ccccc2-c2ccc(N)cc21. The van der Waals surface area contributed by atoms with E-state index in [-0.39, 0.29) is 5.41 Å². The molecule has 0 bridgehead atoms. The van der Waals surface area contributed by atoms with Gasteiger partial charge in [-0.15, -0.1) is 0 Å². The summed E-state index contributed by atoms with van der Waals surface area (Å²) < 4.78 is 33.0. The lowest BCUT2D eigenvalue weighted by atomic mass is 9.73. The van der Waals surface area contributed by atoms with Crippen molar-refractivity contribution < 1.29 is 28.4 Å². The molecule has 0 saturated heterocycles. The number of hydrogen-bond donors (Lipinski definition) is 1. The van der Waals surface area contributed by atoms with E-state index in [0.29, 0.717) is 66.1 Å². The van der Waals surface area contributed by atoms with Crippen LogP contribution in [0.2, 0.25) is 0 Å². The van der Waals surface area contributed by atoms with E-state index in [4.69, 9.17) is 34.2 Å². The maximum absolute atomic E-state index is 6.24. The lowest BCUT2D eigenvalue weighted by Gasteiger charge is -2.32. The highest BCUT2D eigenvalue weighted by molar-refractivity contribution is 5.82. The van der Waals surface area contributed by atoms with Gasteiger partial charge in [0.2, 0.25) is 0 Å². The van der Waals surface area contributed by atoms with Crippen molar-refractivity contribution in [3.05, 3.63) is 53.6 Å². The second-order valence-corrected chi connectivity index (χ2v) is 8.37. The zero-order valence-electron chi connectivity index (χ0n) is 20.6. The van der Waals surface area contributed by atoms with Gasteiger partial charge in [-0.1, -0.05) is 30.3 Å². The summed E-state index contributed by atoms with van der Waals surface area (Å²) in [6, 6.07) is 14.9. The lowest BCUT2D eigenvalue weighted by Crippen LogP contribution is -2.30. The molecule has 2 aromatic carbocycles. The zero-order valence-corrected chi connectivity index (χ0v) is 20.6. The summed E-state index contributed by atoms with van der Waals surface area (Å²) in [4.78, 5) is 0. The van der Waals surface area contributed by atoms with Crippen LogP contribution in [0.1, 0.15) is 24.0 Å². The molecule has 0 saturated carbocycles. The first-order valence-corrected chi connectivity index (χ1v) is 12.0. The third-order valence-corrected chi connectivity index (χ3v) is 6.25. The molecule has 0 fully saturated rings. The van der Waals surface area contributed by atoms with Gasteiger partial charge >= 0.3 is 0 Å². The molecule has 188 valence electrons. The van der Waals surface area contributed by atoms with Gasteiger partial charge in [-0.05, 0) is 47.2 Å². The highest BCUT2D eigenvalue weighted by Gasteiger charge is 2.42. The predicted octanol–water partition coefficient (Wildman–Crippen LogP) is 3.67. The minimum atomic E-state index is -0.213. The number of hydrogen-bond acceptors (Lipinski definition) is 7. The van der Waals surface area contributed by atoms with Crippen LogP contribution >= 0.6 is 0 Å². The number of fused-ring (bicyclic) bond motifs is 3. The van der Waals surface area contributed by atoms with Crippen LogP contribution in [0.25, 0.3) is 11.1 Å². The molecule has 0 spiro atoms. The van der Waals surface area contributed by atoms with E-state index in [9.17, 15) is 0 Å². The van der Waals surface area contributed by atoms with Crippen molar-refractivity contribution in [3.63, 3.8) is 0 Å². The maximum Gasteiger partial charge on any atom is 0.0701 e. The molecule has 1 aliphatic rings. The Kier molecular flexibility index (Phi) is 11.3. The lowest BCUT2D eigenvalue weighted by molar-refractivity contribution is 0.0145. The summed E-state index contributed by atoms with van der Waals surface area (Å²) in [5.41, 5.74) is 11.9. The van der Waals surface area contributed by atoms with Crippen LogP contribution in [0.15, 0.2) is 42.5 Å². The molecule has 0 aromatic heterocycles. The molecule has 3 rings (SSSR count). The second kappa shape index (κ2) is 14.4. The summed E-state index contributed by atoms with van der Waals surface area (Å²) >= 11 is 0. The molecule has 1 aliphatic carbocycles. The number of rotatable bonds is 18. The Labute approximate surface area is 203 Å². The van der Waals surface area contributed by atoms with Gasteiger partial charge in [0.1, 0.15) is 0 Å². The van der Waals surface area contributed by atoms with E-state index in [1.807, 2.05) is 6.07 Å². The van der Waals surface area contributed by atoms with Gasteiger partial charge < -0.3 is 34.2 Å². The van der Waals surface area contributed by atoms with Gasteiger partial charge in [0, 0.05) is 38.5 Å². The van der Waals surface area contributed by atoms with E-state index in [2.05, 4.69) is 36.4 Å². The fourth-order valence-electron chi connectivity index (χ4n) is 4.56. The third-order valence-electron chi connectivity index (χ3n) is 6.25. The Bertz CT molecular complexity index is 839. The Balaban J connectivity index is 1.66. The molecule has 0 unspecified atom stereocenters. The maximum atomic E-state index is 6.24. The molecule has 7 heteroatoms. The number of nitrogen functional groups attached to an aromatic ring is 1. The molecule has 0 atom stereocenters. The average molecular weight is 474 g/mol.